The van der Waals surface area contributed by atoms with E-state index in [1.165, 1.54) is 6.07 Å². The van der Waals surface area contributed by atoms with E-state index in [-0.39, 0.29) is 12.2 Å². The van der Waals surface area contributed by atoms with Crippen LogP contribution in [-0.4, -0.2) is 35.1 Å². The first kappa shape index (κ1) is 14.0. The van der Waals surface area contributed by atoms with Gasteiger partial charge >= 0.3 is 5.97 Å². The van der Waals surface area contributed by atoms with Crippen molar-refractivity contribution in [2.24, 2.45) is 0 Å². The molecule has 0 radical (unpaired) electrons. The Bertz CT molecular complexity index is 436. The molecule has 0 saturated carbocycles. The molecule has 1 aliphatic heterocycles. The average Bonchev–Trinajstić information content (AvgIpc) is 2.76. The molecule has 19 heavy (non-hydrogen) atoms. The number of nitrogens with zero attached hydrogens (tertiary/aromatic N) is 1. The highest BCUT2D eigenvalue weighted by atomic mass is 19.1. The first-order chi connectivity index (χ1) is 9.15. The number of rotatable bonds is 6. The van der Waals surface area contributed by atoms with Crippen molar-refractivity contribution in [1.29, 1.82) is 0 Å². The van der Waals surface area contributed by atoms with Gasteiger partial charge in [0.15, 0.2) is 0 Å². The van der Waals surface area contributed by atoms with Crippen LogP contribution in [0.4, 0.5) is 4.39 Å². The smallest absolute Gasteiger partial charge is 0.303 e. The van der Waals surface area contributed by atoms with E-state index >= 15 is 0 Å². The van der Waals surface area contributed by atoms with Gasteiger partial charge in [-0.3, -0.25) is 4.79 Å². The Morgan fingerprint density at radius 2 is 2.32 bits per heavy atom. The van der Waals surface area contributed by atoms with Crippen LogP contribution in [0.2, 0.25) is 0 Å². The van der Waals surface area contributed by atoms with Crippen LogP contribution in [-0.2, 0) is 11.2 Å². The molecule has 0 unspecified atom stereocenters. The summed E-state index contributed by atoms with van der Waals surface area (Å²) in [6, 6.07) is 7.18. The molecule has 1 atom stereocenters. The van der Waals surface area contributed by atoms with Crippen molar-refractivity contribution in [3.8, 4) is 0 Å². The largest absolute Gasteiger partial charge is 0.481 e. The van der Waals surface area contributed by atoms with Crippen molar-refractivity contribution in [2.75, 3.05) is 13.1 Å². The summed E-state index contributed by atoms with van der Waals surface area (Å²) in [5.41, 5.74) is 1.02. The quantitative estimate of drug-likeness (QED) is 0.859. The van der Waals surface area contributed by atoms with E-state index in [1.807, 2.05) is 6.07 Å². The molecule has 104 valence electrons. The van der Waals surface area contributed by atoms with Crippen LogP contribution in [0.5, 0.6) is 0 Å². The number of carboxylic acid groups (broad SMARTS) is 1. The summed E-state index contributed by atoms with van der Waals surface area (Å²) in [4.78, 5) is 12.9. The number of likely N-dealkylation sites (tertiary alicyclic amines) is 1. The van der Waals surface area contributed by atoms with Gasteiger partial charge in [-0.15, -0.1) is 0 Å². The second kappa shape index (κ2) is 6.66. The number of carboxylic acids is 1. The molecular formula is C15H20FNO2. The van der Waals surface area contributed by atoms with Crippen LogP contribution in [0.15, 0.2) is 24.3 Å². The third kappa shape index (κ3) is 4.31. The summed E-state index contributed by atoms with van der Waals surface area (Å²) < 4.78 is 13.2. The summed E-state index contributed by atoms with van der Waals surface area (Å²) in [7, 11) is 0. The third-order valence-corrected chi connectivity index (χ3v) is 3.70. The van der Waals surface area contributed by atoms with E-state index in [4.69, 9.17) is 5.11 Å². The first-order valence-corrected chi connectivity index (χ1v) is 6.85. The fourth-order valence-corrected chi connectivity index (χ4v) is 2.79. The molecular weight excluding hydrogens is 245 g/mol. The van der Waals surface area contributed by atoms with Gasteiger partial charge in [0.1, 0.15) is 5.82 Å². The lowest BCUT2D eigenvalue weighted by Crippen LogP contribution is -2.32. The fraction of sp³-hybridized carbons (Fsp3) is 0.533. The summed E-state index contributed by atoms with van der Waals surface area (Å²) in [6.07, 6.45) is 4.03. The molecule has 1 aromatic carbocycles. The van der Waals surface area contributed by atoms with Gasteiger partial charge < -0.3 is 10.0 Å². The highest BCUT2D eigenvalue weighted by Crippen LogP contribution is 2.21. The average molecular weight is 265 g/mol. The standard InChI is InChI=1S/C15H20FNO2/c16-13-5-1-4-12(10-13)11-14-6-2-8-17(14)9-3-7-15(18)19/h1,4-5,10,14H,2-3,6-9,11H2,(H,18,19)/t14-/m1/s1. The molecule has 1 aromatic rings. The number of hydrogen-bond acceptors (Lipinski definition) is 2. The molecule has 1 heterocycles. The molecule has 0 spiro atoms. The van der Waals surface area contributed by atoms with E-state index < -0.39 is 5.97 Å². The molecule has 4 heteroatoms. The molecule has 2 rings (SSSR count). The lowest BCUT2D eigenvalue weighted by Gasteiger charge is -2.24. The highest BCUT2D eigenvalue weighted by molar-refractivity contribution is 5.66. The fourth-order valence-electron chi connectivity index (χ4n) is 2.79. The Kier molecular flexibility index (Phi) is 4.91. The summed E-state index contributed by atoms with van der Waals surface area (Å²) in [5, 5.41) is 8.66. The Morgan fingerprint density at radius 3 is 3.05 bits per heavy atom. The normalized spacial score (nSPS) is 19.7. The van der Waals surface area contributed by atoms with E-state index in [0.717, 1.165) is 37.9 Å². The van der Waals surface area contributed by atoms with E-state index in [9.17, 15) is 9.18 Å². The summed E-state index contributed by atoms with van der Waals surface area (Å²) in [5.74, 6) is -0.922. The van der Waals surface area contributed by atoms with E-state index in [1.54, 1.807) is 12.1 Å². The zero-order valence-electron chi connectivity index (χ0n) is 11.0. The number of carbonyl (C=O) groups is 1. The van der Waals surface area contributed by atoms with Gasteiger partial charge in [0.25, 0.3) is 0 Å². The molecule has 3 nitrogen and oxygen atoms in total. The van der Waals surface area contributed by atoms with Crippen LogP contribution in [0.3, 0.4) is 0 Å². The zero-order valence-corrected chi connectivity index (χ0v) is 11.0. The Morgan fingerprint density at radius 1 is 1.47 bits per heavy atom. The predicted molar refractivity (Wildman–Crippen MR) is 71.6 cm³/mol. The highest BCUT2D eigenvalue weighted by Gasteiger charge is 2.24. The topological polar surface area (TPSA) is 40.5 Å². The van der Waals surface area contributed by atoms with Gasteiger partial charge in [-0.2, -0.15) is 0 Å². The second-order valence-corrected chi connectivity index (χ2v) is 5.16. The van der Waals surface area contributed by atoms with Crippen molar-refractivity contribution in [1.82, 2.24) is 4.90 Å². The maximum atomic E-state index is 13.2. The molecule has 0 bridgehead atoms. The van der Waals surface area contributed by atoms with Crippen molar-refractivity contribution in [2.45, 2.75) is 38.1 Å². The van der Waals surface area contributed by atoms with Gasteiger partial charge in [0, 0.05) is 12.5 Å². The number of hydrogen-bond donors (Lipinski definition) is 1. The third-order valence-electron chi connectivity index (χ3n) is 3.70. The lowest BCUT2D eigenvalue weighted by molar-refractivity contribution is -0.137. The van der Waals surface area contributed by atoms with Crippen LogP contribution in [0.1, 0.15) is 31.2 Å². The van der Waals surface area contributed by atoms with E-state index in [2.05, 4.69) is 4.90 Å². The van der Waals surface area contributed by atoms with Gasteiger partial charge in [0.05, 0.1) is 0 Å². The molecule has 1 N–H and O–H groups in total. The van der Waals surface area contributed by atoms with Gasteiger partial charge in [-0.1, -0.05) is 12.1 Å². The molecule has 0 amide bonds. The van der Waals surface area contributed by atoms with Gasteiger partial charge in [-0.05, 0) is 56.5 Å². The molecule has 0 aliphatic carbocycles. The maximum Gasteiger partial charge on any atom is 0.303 e. The van der Waals surface area contributed by atoms with Crippen molar-refractivity contribution >= 4 is 5.97 Å². The molecule has 1 fully saturated rings. The Balaban J connectivity index is 1.86. The summed E-state index contributed by atoms with van der Waals surface area (Å²) >= 11 is 0. The predicted octanol–water partition coefficient (Wildman–Crippen LogP) is 2.70. The number of aliphatic carboxylic acids is 1. The Labute approximate surface area is 113 Å². The van der Waals surface area contributed by atoms with E-state index in [0.29, 0.717) is 12.5 Å². The van der Waals surface area contributed by atoms with Crippen LogP contribution in [0, 0.1) is 5.82 Å². The zero-order chi connectivity index (χ0) is 13.7. The monoisotopic (exact) mass is 265 g/mol. The minimum atomic E-state index is -0.735. The SMILES string of the molecule is O=C(O)CCCN1CCC[C@@H]1Cc1cccc(F)c1. The van der Waals surface area contributed by atoms with Crippen molar-refractivity contribution < 1.29 is 14.3 Å². The molecule has 1 saturated heterocycles. The second-order valence-electron chi connectivity index (χ2n) is 5.16. The minimum Gasteiger partial charge on any atom is -0.481 e. The van der Waals surface area contributed by atoms with Crippen LogP contribution in [0.25, 0.3) is 0 Å². The Hall–Kier alpha value is -1.42. The first-order valence-electron chi connectivity index (χ1n) is 6.85. The molecule has 0 aromatic heterocycles. The van der Waals surface area contributed by atoms with Gasteiger partial charge in [0.2, 0.25) is 0 Å². The van der Waals surface area contributed by atoms with Gasteiger partial charge in [-0.25, -0.2) is 4.39 Å². The number of benzene rings is 1. The van der Waals surface area contributed by atoms with Crippen LogP contribution >= 0.6 is 0 Å². The van der Waals surface area contributed by atoms with Crippen molar-refractivity contribution in [3.63, 3.8) is 0 Å². The maximum absolute atomic E-state index is 13.2. The summed E-state index contributed by atoms with van der Waals surface area (Å²) in [6.45, 7) is 1.85. The lowest BCUT2D eigenvalue weighted by atomic mass is 10.0. The molecule has 1 aliphatic rings. The van der Waals surface area contributed by atoms with Crippen molar-refractivity contribution in [3.05, 3.63) is 35.6 Å². The minimum absolute atomic E-state index is 0.187. The van der Waals surface area contributed by atoms with Crippen LogP contribution < -0.4 is 0 Å². The number of halogens is 1.